The van der Waals surface area contributed by atoms with Crippen LogP contribution in [0.1, 0.15) is 18.0 Å². The van der Waals surface area contributed by atoms with Gasteiger partial charge < -0.3 is 10.4 Å². The van der Waals surface area contributed by atoms with Crippen molar-refractivity contribution in [2.24, 2.45) is 0 Å². The van der Waals surface area contributed by atoms with Crippen LogP contribution in [0.5, 0.6) is 0 Å². The lowest BCUT2D eigenvalue weighted by Crippen LogP contribution is -2.45. The minimum Gasteiger partial charge on any atom is -0.396 e. The number of aliphatic hydroxyl groups excluding tert-OH is 1. The van der Waals surface area contributed by atoms with E-state index in [4.69, 9.17) is 0 Å². The molecule has 5 heteroatoms. The zero-order valence-corrected chi connectivity index (χ0v) is 11.8. The number of rotatable bonds is 4. The van der Waals surface area contributed by atoms with E-state index in [2.05, 4.69) is 26.1 Å². The molecule has 2 rings (SSSR count). The quantitative estimate of drug-likeness (QED) is 0.891. The Labute approximate surface area is 115 Å². The average Bonchev–Trinajstić information content (AvgIpc) is 2.40. The molecule has 1 atom stereocenters. The summed E-state index contributed by atoms with van der Waals surface area (Å²) in [7, 11) is 0. The molecule has 0 amide bonds. The Morgan fingerprint density at radius 1 is 1.39 bits per heavy atom. The lowest BCUT2D eigenvalue weighted by Gasteiger charge is -2.35. The molecule has 1 heterocycles. The highest BCUT2D eigenvalue weighted by molar-refractivity contribution is 9.10. The van der Waals surface area contributed by atoms with Crippen LogP contribution in [0.2, 0.25) is 0 Å². The Bertz CT molecular complexity index is 397. The minimum atomic E-state index is -0.245. The van der Waals surface area contributed by atoms with Crippen molar-refractivity contribution in [1.82, 2.24) is 10.2 Å². The van der Waals surface area contributed by atoms with Crippen molar-refractivity contribution in [1.29, 1.82) is 0 Å². The fourth-order valence-electron chi connectivity index (χ4n) is 2.40. The summed E-state index contributed by atoms with van der Waals surface area (Å²) in [6, 6.07) is 5.32. The van der Waals surface area contributed by atoms with Crippen LogP contribution in [0.25, 0.3) is 0 Å². The van der Waals surface area contributed by atoms with E-state index in [1.165, 1.54) is 0 Å². The summed E-state index contributed by atoms with van der Waals surface area (Å²) in [5.41, 5.74) is 0.937. The van der Waals surface area contributed by atoms with Crippen LogP contribution in [0.4, 0.5) is 4.39 Å². The van der Waals surface area contributed by atoms with E-state index in [9.17, 15) is 9.50 Å². The third-order valence-electron chi connectivity index (χ3n) is 3.32. The highest BCUT2D eigenvalue weighted by atomic mass is 79.9. The van der Waals surface area contributed by atoms with Crippen molar-refractivity contribution in [3.8, 4) is 0 Å². The molecule has 1 aromatic rings. The predicted molar refractivity (Wildman–Crippen MR) is 73.0 cm³/mol. The van der Waals surface area contributed by atoms with E-state index in [1.807, 2.05) is 6.07 Å². The maximum Gasteiger partial charge on any atom is 0.137 e. The fourth-order valence-corrected chi connectivity index (χ4v) is 2.64. The molecule has 100 valence electrons. The van der Waals surface area contributed by atoms with Gasteiger partial charge >= 0.3 is 0 Å². The van der Waals surface area contributed by atoms with Crippen molar-refractivity contribution in [2.75, 3.05) is 32.8 Å². The Balaban J connectivity index is 2.19. The average molecular weight is 317 g/mol. The fraction of sp³-hybridized carbons (Fsp3) is 0.538. The zero-order chi connectivity index (χ0) is 13.0. The zero-order valence-electron chi connectivity index (χ0n) is 10.2. The largest absolute Gasteiger partial charge is 0.396 e. The lowest BCUT2D eigenvalue weighted by molar-refractivity contribution is 0.141. The maximum absolute atomic E-state index is 13.6. The first kappa shape index (κ1) is 13.9. The van der Waals surface area contributed by atoms with Crippen molar-refractivity contribution < 1.29 is 9.50 Å². The third kappa shape index (κ3) is 3.29. The van der Waals surface area contributed by atoms with Gasteiger partial charge in [0, 0.05) is 38.8 Å². The first-order valence-electron chi connectivity index (χ1n) is 6.23. The Morgan fingerprint density at radius 2 is 2.11 bits per heavy atom. The number of hydrogen-bond acceptors (Lipinski definition) is 3. The van der Waals surface area contributed by atoms with Gasteiger partial charge in [0.15, 0.2) is 0 Å². The smallest absolute Gasteiger partial charge is 0.137 e. The third-order valence-corrected chi connectivity index (χ3v) is 3.97. The van der Waals surface area contributed by atoms with Gasteiger partial charge in [-0.1, -0.05) is 6.07 Å². The molecular formula is C13H18BrFN2O. The molecule has 0 spiro atoms. The van der Waals surface area contributed by atoms with Gasteiger partial charge in [0.2, 0.25) is 0 Å². The SMILES string of the molecule is OCC[C@@H](c1ccc(Br)c(F)c1)N1CCNCC1. The second-order valence-corrected chi connectivity index (χ2v) is 5.34. The normalized spacial score (nSPS) is 18.8. The standard InChI is InChI=1S/C13H18BrFN2O/c14-11-2-1-10(9-12(11)15)13(3-8-18)17-6-4-16-5-7-17/h1-2,9,13,16,18H,3-8H2/t13-/m0/s1. The second kappa shape index (κ2) is 6.61. The number of nitrogens with zero attached hydrogens (tertiary/aromatic N) is 1. The van der Waals surface area contributed by atoms with Gasteiger partial charge in [0.05, 0.1) is 4.47 Å². The molecule has 1 aromatic carbocycles. The van der Waals surface area contributed by atoms with Gasteiger partial charge in [-0.2, -0.15) is 0 Å². The molecule has 0 saturated carbocycles. The molecule has 0 aromatic heterocycles. The van der Waals surface area contributed by atoms with Crippen LogP contribution < -0.4 is 5.32 Å². The van der Waals surface area contributed by atoms with Crippen molar-refractivity contribution in [3.63, 3.8) is 0 Å². The minimum absolute atomic E-state index is 0.0969. The second-order valence-electron chi connectivity index (χ2n) is 4.49. The van der Waals surface area contributed by atoms with Crippen LogP contribution in [-0.4, -0.2) is 42.8 Å². The van der Waals surface area contributed by atoms with Crippen molar-refractivity contribution in [2.45, 2.75) is 12.5 Å². The van der Waals surface area contributed by atoms with Crippen LogP contribution in [0, 0.1) is 5.82 Å². The lowest BCUT2D eigenvalue weighted by atomic mass is 10.0. The number of halogens is 2. The summed E-state index contributed by atoms with van der Waals surface area (Å²) in [4.78, 5) is 2.30. The molecule has 1 saturated heterocycles. The summed E-state index contributed by atoms with van der Waals surface area (Å²) < 4.78 is 14.1. The highest BCUT2D eigenvalue weighted by Gasteiger charge is 2.22. The molecular weight excluding hydrogens is 299 g/mol. The van der Waals surface area contributed by atoms with Gasteiger partial charge in [-0.05, 0) is 40.0 Å². The summed E-state index contributed by atoms with van der Waals surface area (Å²) in [5.74, 6) is -0.245. The van der Waals surface area contributed by atoms with Crippen molar-refractivity contribution >= 4 is 15.9 Å². The van der Waals surface area contributed by atoms with Gasteiger partial charge in [0.1, 0.15) is 5.82 Å². The van der Waals surface area contributed by atoms with Crippen LogP contribution in [0.15, 0.2) is 22.7 Å². The number of hydrogen-bond donors (Lipinski definition) is 2. The Kier molecular flexibility index (Phi) is 5.12. The molecule has 1 aliphatic heterocycles. The Hall–Kier alpha value is -0.490. The number of nitrogens with one attached hydrogen (secondary N) is 1. The van der Waals surface area contributed by atoms with Crippen LogP contribution in [-0.2, 0) is 0 Å². The first-order chi connectivity index (χ1) is 8.72. The van der Waals surface area contributed by atoms with Crippen LogP contribution in [0.3, 0.4) is 0 Å². The summed E-state index contributed by atoms with van der Waals surface area (Å²) >= 11 is 3.17. The van der Waals surface area contributed by atoms with Gasteiger partial charge in [-0.15, -0.1) is 0 Å². The summed E-state index contributed by atoms with van der Waals surface area (Å²) in [6.45, 7) is 3.87. The van der Waals surface area contributed by atoms with E-state index < -0.39 is 0 Å². The molecule has 0 bridgehead atoms. The Morgan fingerprint density at radius 3 is 2.72 bits per heavy atom. The van der Waals surface area contributed by atoms with Gasteiger partial charge in [-0.3, -0.25) is 4.90 Å². The molecule has 0 unspecified atom stereocenters. The number of aliphatic hydroxyl groups is 1. The molecule has 3 nitrogen and oxygen atoms in total. The number of benzene rings is 1. The van der Waals surface area contributed by atoms with E-state index in [0.29, 0.717) is 10.9 Å². The van der Waals surface area contributed by atoms with E-state index in [0.717, 1.165) is 31.7 Å². The van der Waals surface area contributed by atoms with Gasteiger partial charge in [0.25, 0.3) is 0 Å². The van der Waals surface area contributed by atoms with Gasteiger partial charge in [-0.25, -0.2) is 4.39 Å². The molecule has 2 N–H and O–H groups in total. The van der Waals surface area contributed by atoms with E-state index in [-0.39, 0.29) is 18.5 Å². The molecule has 18 heavy (non-hydrogen) atoms. The predicted octanol–water partition coefficient (Wildman–Crippen LogP) is 1.92. The molecule has 1 fully saturated rings. The van der Waals surface area contributed by atoms with E-state index in [1.54, 1.807) is 12.1 Å². The van der Waals surface area contributed by atoms with E-state index >= 15 is 0 Å². The molecule has 1 aliphatic rings. The first-order valence-corrected chi connectivity index (χ1v) is 7.02. The highest BCUT2D eigenvalue weighted by Crippen LogP contribution is 2.27. The molecule has 0 radical (unpaired) electrons. The van der Waals surface area contributed by atoms with Crippen molar-refractivity contribution in [3.05, 3.63) is 34.1 Å². The molecule has 0 aliphatic carbocycles. The maximum atomic E-state index is 13.6. The van der Waals surface area contributed by atoms with Crippen LogP contribution >= 0.6 is 15.9 Å². The topological polar surface area (TPSA) is 35.5 Å². The number of piperazine rings is 1. The monoisotopic (exact) mass is 316 g/mol. The summed E-state index contributed by atoms with van der Waals surface area (Å²) in [5, 5.41) is 12.5. The summed E-state index contributed by atoms with van der Waals surface area (Å²) in [6.07, 6.45) is 0.640.